The fourth-order valence-corrected chi connectivity index (χ4v) is 3.01. The van der Waals surface area contributed by atoms with Gasteiger partial charge in [0, 0.05) is 0 Å². The van der Waals surface area contributed by atoms with Gasteiger partial charge in [-0.25, -0.2) is 0 Å². The highest BCUT2D eigenvalue weighted by Crippen LogP contribution is 2.25. The predicted molar refractivity (Wildman–Crippen MR) is 105 cm³/mol. The quantitative estimate of drug-likeness (QED) is 0.323. The molecule has 128 valence electrons. The van der Waals surface area contributed by atoms with Crippen LogP contribution in [0.2, 0.25) is 0 Å². The number of nitrogens with one attached hydrogen (secondary N) is 1. The van der Waals surface area contributed by atoms with Crippen LogP contribution >= 0.6 is 34.8 Å². The van der Waals surface area contributed by atoms with E-state index in [0.29, 0.717) is 27.6 Å². The summed E-state index contributed by atoms with van der Waals surface area (Å²) < 4.78 is 11.5. The lowest BCUT2D eigenvalue weighted by Gasteiger charge is -2.28. The number of nitrogens with zero attached hydrogens (tertiary/aromatic N) is 1. The molecule has 0 bridgehead atoms. The third-order valence-electron chi connectivity index (χ3n) is 3.39. The van der Waals surface area contributed by atoms with E-state index in [2.05, 4.69) is 5.32 Å². The number of benzene rings is 1. The molecule has 1 N–H and O–H groups in total. The van der Waals surface area contributed by atoms with Gasteiger partial charge in [0.05, 0.1) is 12.3 Å². The van der Waals surface area contributed by atoms with Gasteiger partial charge in [0.25, 0.3) is 11.8 Å². The monoisotopic (exact) mass is 468 g/mol. The largest absolute Gasteiger partial charge is 0.494 e. The van der Waals surface area contributed by atoms with Crippen LogP contribution in [0, 0.1) is 3.77 Å². The summed E-state index contributed by atoms with van der Waals surface area (Å²) in [7, 11) is 0. The second-order valence-corrected chi connectivity index (χ2v) is 6.48. The lowest BCUT2D eigenvalue weighted by molar-refractivity contribution is -0.122. The number of amides is 2. The molecule has 1 saturated heterocycles. The average Bonchev–Trinajstić information content (AvgIpc) is 2.98. The number of rotatable bonds is 4. The molecule has 25 heavy (non-hydrogen) atoms. The minimum Gasteiger partial charge on any atom is -0.494 e. The first-order chi connectivity index (χ1) is 12.0. The Labute approximate surface area is 163 Å². The number of anilines is 1. The van der Waals surface area contributed by atoms with Crippen LogP contribution in [0.1, 0.15) is 12.7 Å². The molecule has 0 spiro atoms. The second kappa shape index (κ2) is 7.36. The Kier molecular flexibility index (Phi) is 5.19. The molecule has 2 amide bonds. The van der Waals surface area contributed by atoms with Crippen molar-refractivity contribution in [1.29, 1.82) is 0 Å². The lowest BCUT2D eigenvalue weighted by Crippen LogP contribution is -2.54. The van der Waals surface area contributed by atoms with E-state index in [0.717, 1.165) is 0 Å². The first-order valence-corrected chi connectivity index (χ1v) is 8.88. The first kappa shape index (κ1) is 17.6. The van der Waals surface area contributed by atoms with Gasteiger partial charge in [0.1, 0.15) is 17.1 Å². The van der Waals surface area contributed by atoms with Crippen LogP contribution in [0.15, 0.2) is 46.4 Å². The van der Waals surface area contributed by atoms with Gasteiger partial charge in [0.2, 0.25) is 0 Å². The van der Waals surface area contributed by atoms with Gasteiger partial charge in [-0.05, 0) is 84.2 Å². The van der Waals surface area contributed by atoms with E-state index in [4.69, 9.17) is 21.4 Å². The number of hydrogen-bond donors (Lipinski definition) is 1. The minimum atomic E-state index is -0.552. The third-order valence-corrected chi connectivity index (χ3v) is 4.25. The molecule has 1 aromatic heterocycles. The van der Waals surface area contributed by atoms with Crippen LogP contribution in [0.4, 0.5) is 5.69 Å². The van der Waals surface area contributed by atoms with Crippen molar-refractivity contribution < 1.29 is 18.7 Å². The van der Waals surface area contributed by atoms with Gasteiger partial charge < -0.3 is 9.15 Å². The van der Waals surface area contributed by atoms with Crippen LogP contribution in [-0.4, -0.2) is 23.5 Å². The van der Waals surface area contributed by atoms with Crippen LogP contribution < -0.4 is 15.0 Å². The van der Waals surface area contributed by atoms with Gasteiger partial charge in [0.15, 0.2) is 8.88 Å². The maximum atomic E-state index is 12.8. The molecule has 1 aromatic carbocycles. The summed E-state index contributed by atoms with van der Waals surface area (Å²) >= 11 is 7.17. The maximum absolute atomic E-state index is 12.8. The Morgan fingerprint density at radius 2 is 1.96 bits per heavy atom. The predicted octanol–water partition coefficient (Wildman–Crippen LogP) is 3.11. The maximum Gasteiger partial charge on any atom is 0.270 e. The fraction of sp³-hybridized carbons (Fsp3) is 0.118. The van der Waals surface area contributed by atoms with Crippen molar-refractivity contribution in [2.45, 2.75) is 6.92 Å². The SMILES string of the molecule is CCOc1ccc(N2C(=O)/C(=C/c3ccc(I)o3)C(=O)NC2=S)cc1. The summed E-state index contributed by atoms with van der Waals surface area (Å²) in [6.07, 6.45) is 1.41. The molecule has 1 fully saturated rings. The molecule has 8 heteroatoms. The zero-order valence-electron chi connectivity index (χ0n) is 13.1. The Balaban J connectivity index is 1.93. The van der Waals surface area contributed by atoms with Crippen molar-refractivity contribution in [2.75, 3.05) is 11.5 Å². The molecule has 1 aliphatic heterocycles. The van der Waals surface area contributed by atoms with E-state index in [1.165, 1.54) is 11.0 Å². The van der Waals surface area contributed by atoms with Crippen molar-refractivity contribution in [3.05, 3.63) is 51.5 Å². The molecule has 1 aliphatic rings. The number of halogens is 1. The van der Waals surface area contributed by atoms with Crippen molar-refractivity contribution in [1.82, 2.24) is 5.32 Å². The smallest absolute Gasteiger partial charge is 0.270 e. The lowest BCUT2D eigenvalue weighted by atomic mass is 10.1. The number of hydrogen-bond acceptors (Lipinski definition) is 5. The number of ether oxygens (including phenoxy) is 1. The number of thiocarbonyl (C=S) groups is 1. The fourth-order valence-electron chi connectivity index (χ4n) is 2.30. The molecule has 0 unspecified atom stereocenters. The summed E-state index contributed by atoms with van der Waals surface area (Å²) in [6, 6.07) is 10.3. The summed E-state index contributed by atoms with van der Waals surface area (Å²) in [5.74, 6) is 0.0434. The molecule has 0 aliphatic carbocycles. The molecule has 2 heterocycles. The van der Waals surface area contributed by atoms with Crippen LogP contribution in [0.5, 0.6) is 5.75 Å². The zero-order valence-corrected chi connectivity index (χ0v) is 16.1. The van der Waals surface area contributed by atoms with E-state index in [9.17, 15) is 9.59 Å². The van der Waals surface area contributed by atoms with Crippen molar-refractivity contribution in [2.24, 2.45) is 0 Å². The molecule has 6 nitrogen and oxygen atoms in total. The summed E-state index contributed by atoms with van der Waals surface area (Å²) in [4.78, 5) is 26.2. The normalized spacial score (nSPS) is 16.3. The number of carbonyl (C=O) groups excluding carboxylic acids is 2. The molecule has 3 rings (SSSR count). The average molecular weight is 468 g/mol. The van der Waals surface area contributed by atoms with Gasteiger partial charge in [-0.15, -0.1) is 0 Å². The molecule has 2 aromatic rings. The minimum absolute atomic E-state index is 0.0327. The molecular weight excluding hydrogens is 455 g/mol. The van der Waals surface area contributed by atoms with Gasteiger partial charge in [-0.3, -0.25) is 19.8 Å². The Bertz CT molecular complexity index is 873. The van der Waals surface area contributed by atoms with E-state index < -0.39 is 11.8 Å². The van der Waals surface area contributed by atoms with Crippen molar-refractivity contribution >= 4 is 63.5 Å². The van der Waals surface area contributed by atoms with Crippen LogP contribution in [0.3, 0.4) is 0 Å². The Hall–Kier alpha value is -2.20. The highest BCUT2D eigenvalue weighted by atomic mass is 127. The standard InChI is InChI=1S/C17H13IN2O4S/c1-2-23-11-5-3-10(4-6-11)20-16(22)13(15(21)19-17(20)25)9-12-7-8-14(18)24-12/h3-9H,2H2,1H3,(H,19,21,25)/b13-9+. The number of furan rings is 1. The van der Waals surface area contributed by atoms with Crippen molar-refractivity contribution in [3.8, 4) is 5.75 Å². The topological polar surface area (TPSA) is 71.8 Å². The van der Waals surface area contributed by atoms with Gasteiger partial charge in [-0.2, -0.15) is 0 Å². The highest BCUT2D eigenvalue weighted by Gasteiger charge is 2.34. The number of carbonyl (C=O) groups is 2. The van der Waals surface area contributed by atoms with Gasteiger partial charge in [-0.1, -0.05) is 0 Å². The molecule has 0 atom stereocenters. The zero-order chi connectivity index (χ0) is 18.0. The molecule has 0 radical (unpaired) electrons. The highest BCUT2D eigenvalue weighted by molar-refractivity contribution is 14.1. The van der Waals surface area contributed by atoms with E-state index in [-0.39, 0.29) is 10.7 Å². The van der Waals surface area contributed by atoms with E-state index in [1.807, 2.05) is 29.5 Å². The molecule has 0 saturated carbocycles. The first-order valence-electron chi connectivity index (χ1n) is 7.39. The van der Waals surface area contributed by atoms with Crippen molar-refractivity contribution in [3.63, 3.8) is 0 Å². The summed E-state index contributed by atoms with van der Waals surface area (Å²) in [5.41, 5.74) is 0.492. The Morgan fingerprint density at radius 1 is 1.24 bits per heavy atom. The summed E-state index contributed by atoms with van der Waals surface area (Å²) in [5, 5.41) is 2.56. The molecular formula is C17H13IN2O4S. The Morgan fingerprint density at radius 3 is 2.56 bits per heavy atom. The van der Waals surface area contributed by atoms with E-state index in [1.54, 1.807) is 36.4 Å². The third kappa shape index (κ3) is 3.74. The van der Waals surface area contributed by atoms with Crippen LogP contribution in [0.25, 0.3) is 6.08 Å². The van der Waals surface area contributed by atoms with Crippen LogP contribution in [-0.2, 0) is 9.59 Å². The summed E-state index contributed by atoms with van der Waals surface area (Å²) in [6.45, 7) is 2.44. The second-order valence-electron chi connectivity index (χ2n) is 5.03. The van der Waals surface area contributed by atoms with E-state index >= 15 is 0 Å². The van der Waals surface area contributed by atoms with Gasteiger partial charge >= 0.3 is 0 Å².